The van der Waals surface area contributed by atoms with Gasteiger partial charge in [0.1, 0.15) is 6.54 Å². The molecule has 166 valence electrons. The number of hydrogen-bond acceptors (Lipinski definition) is 6. The number of hydrogen-bond donors (Lipinski definition) is 0. The van der Waals surface area contributed by atoms with Gasteiger partial charge in [-0.3, -0.25) is 4.79 Å². The Morgan fingerprint density at radius 3 is 2.35 bits per heavy atom. The number of Topliss-reactive ketones (excluding diaryl/α,β-unsaturated/α-hetero) is 1. The molecule has 0 N–H and O–H groups in total. The van der Waals surface area contributed by atoms with E-state index in [0.717, 1.165) is 4.68 Å². The number of alkyl halides is 2. The largest absolute Gasteiger partial charge is 0.461 e. The smallest absolute Gasteiger partial charge is 0.359 e. The molecule has 1 aliphatic carbocycles. The quantitative estimate of drug-likeness (QED) is 0.438. The Morgan fingerprint density at radius 1 is 1.19 bits per heavy atom. The van der Waals surface area contributed by atoms with E-state index in [1.54, 1.807) is 32.9 Å². The van der Waals surface area contributed by atoms with Crippen LogP contribution in [0.4, 0.5) is 8.78 Å². The van der Waals surface area contributed by atoms with Crippen molar-refractivity contribution in [2.45, 2.75) is 45.6 Å². The van der Waals surface area contributed by atoms with E-state index in [-0.39, 0.29) is 24.5 Å². The number of nitrogens with zero attached hydrogens (tertiary/aromatic N) is 2. The highest BCUT2D eigenvalue weighted by molar-refractivity contribution is 6.31. The van der Waals surface area contributed by atoms with Crippen molar-refractivity contribution in [2.75, 3.05) is 13.2 Å². The standard InChI is InChI=1S/C21H21ClF2N2O5/c1-4-30-19(28)17-16(13-9-21(13,23)24)18(20(29)31-5-2)26(25-17)10-15(27)12-6-7-14(22)11(3)8-12/h6-8,13H,4-5,9-10H2,1-3H3. The number of rotatable bonds is 8. The molecule has 3 rings (SSSR count). The first-order valence-corrected chi connectivity index (χ1v) is 10.1. The van der Waals surface area contributed by atoms with Gasteiger partial charge in [0.15, 0.2) is 17.2 Å². The molecule has 1 aromatic carbocycles. The molecule has 0 amide bonds. The Morgan fingerprint density at radius 2 is 1.81 bits per heavy atom. The first-order chi connectivity index (χ1) is 14.6. The van der Waals surface area contributed by atoms with Gasteiger partial charge in [-0.1, -0.05) is 11.6 Å². The summed E-state index contributed by atoms with van der Waals surface area (Å²) in [6, 6.07) is 4.63. The van der Waals surface area contributed by atoms with Crippen molar-refractivity contribution < 1.29 is 32.6 Å². The number of ketones is 1. The lowest BCUT2D eigenvalue weighted by Gasteiger charge is -2.09. The first-order valence-electron chi connectivity index (χ1n) is 9.72. The Bertz CT molecular complexity index is 1050. The Labute approximate surface area is 182 Å². The molecular weight excluding hydrogens is 434 g/mol. The summed E-state index contributed by atoms with van der Waals surface area (Å²) in [5, 5.41) is 4.50. The van der Waals surface area contributed by atoms with Crippen LogP contribution in [0.15, 0.2) is 18.2 Å². The van der Waals surface area contributed by atoms with Crippen molar-refractivity contribution in [2.24, 2.45) is 0 Å². The molecule has 10 heteroatoms. The molecule has 1 aromatic heterocycles. The van der Waals surface area contributed by atoms with E-state index in [1.807, 2.05) is 0 Å². The Hall–Kier alpha value is -2.81. The molecule has 1 saturated carbocycles. The number of aryl methyl sites for hydroxylation is 1. The van der Waals surface area contributed by atoms with Crippen LogP contribution in [0.2, 0.25) is 5.02 Å². The summed E-state index contributed by atoms with van der Waals surface area (Å²) < 4.78 is 38.8. The van der Waals surface area contributed by atoms with Crippen LogP contribution in [0.5, 0.6) is 0 Å². The third kappa shape index (κ3) is 4.61. The second-order valence-electron chi connectivity index (χ2n) is 7.11. The van der Waals surface area contributed by atoms with Gasteiger partial charge in [-0.25, -0.2) is 23.1 Å². The summed E-state index contributed by atoms with van der Waals surface area (Å²) >= 11 is 5.99. The first kappa shape index (κ1) is 22.9. The predicted octanol–water partition coefficient (Wildman–Crippen LogP) is 4.20. The lowest BCUT2D eigenvalue weighted by atomic mass is 10.1. The molecule has 1 aliphatic rings. The second-order valence-corrected chi connectivity index (χ2v) is 7.52. The van der Waals surface area contributed by atoms with Gasteiger partial charge in [-0.2, -0.15) is 5.10 Å². The van der Waals surface area contributed by atoms with E-state index in [4.69, 9.17) is 21.1 Å². The normalized spacial score (nSPS) is 16.6. The molecule has 0 radical (unpaired) electrons. The van der Waals surface area contributed by atoms with Crippen LogP contribution in [0.3, 0.4) is 0 Å². The van der Waals surface area contributed by atoms with Gasteiger partial charge < -0.3 is 9.47 Å². The zero-order valence-corrected chi connectivity index (χ0v) is 18.0. The third-order valence-corrected chi connectivity index (χ3v) is 5.30. The van der Waals surface area contributed by atoms with E-state index >= 15 is 0 Å². The van der Waals surface area contributed by atoms with Gasteiger partial charge >= 0.3 is 11.9 Å². The molecule has 7 nitrogen and oxygen atoms in total. The van der Waals surface area contributed by atoms with Crippen molar-refractivity contribution in [3.05, 3.63) is 51.3 Å². The topological polar surface area (TPSA) is 87.5 Å². The summed E-state index contributed by atoms with van der Waals surface area (Å²) in [4.78, 5) is 37.8. The van der Waals surface area contributed by atoms with Gasteiger partial charge in [0, 0.05) is 22.6 Å². The van der Waals surface area contributed by atoms with Crippen LogP contribution < -0.4 is 0 Å². The number of benzene rings is 1. The maximum Gasteiger partial charge on any atom is 0.359 e. The van der Waals surface area contributed by atoms with Crippen molar-refractivity contribution in [1.29, 1.82) is 0 Å². The van der Waals surface area contributed by atoms with Crippen LogP contribution in [0.25, 0.3) is 0 Å². The maximum absolute atomic E-state index is 13.9. The van der Waals surface area contributed by atoms with Crippen molar-refractivity contribution >= 4 is 29.3 Å². The highest BCUT2D eigenvalue weighted by Crippen LogP contribution is 2.57. The summed E-state index contributed by atoms with van der Waals surface area (Å²) in [6.45, 7) is 4.34. The Kier molecular flexibility index (Phi) is 6.45. The number of esters is 2. The van der Waals surface area contributed by atoms with Crippen LogP contribution in [-0.2, 0) is 16.0 Å². The maximum atomic E-state index is 13.9. The lowest BCUT2D eigenvalue weighted by Crippen LogP contribution is -2.19. The van der Waals surface area contributed by atoms with Crippen molar-refractivity contribution in [3.8, 4) is 0 Å². The minimum atomic E-state index is -3.09. The number of aromatic nitrogens is 2. The molecule has 0 saturated heterocycles. The number of carbonyl (C=O) groups excluding carboxylic acids is 3. The molecular formula is C21H21ClF2N2O5. The summed E-state index contributed by atoms with van der Waals surface area (Å²) in [5.74, 6) is -6.80. The van der Waals surface area contributed by atoms with Crippen molar-refractivity contribution in [3.63, 3.8) is 0 Å². The van der Waals surface area contributed by atoms with E-state index in [1.165, 1.54) is 6.07 Å². The second kappa shape index (κ2) is 8.74. The van der Waals surface area contributed by atoms with E-state index in [0.29, 0.717) is 16.1 Å². The molecule has 0 bridgehead atoms. The van der Waals surface area contributed by atoms with Crippen LogP contribution in [0, 0.1) is 6.92 Å². The fourth-order valence-electron chi connectivity index (χ4n) is 3.26. The average molecular weight is 455 g/mol. The highest BCUT2D eigenvalue weighted by atomic mass is 35.5. The molecule has 0 aliphatic heterocycles. The molecule has 1 heterocycles. The van der Waals surface area contributed by atoms with E-state index in [2.05, 4.69) is 5.10 Å². The average Bonchev–Trinajstić information content (AvgIpc) is 3.17. The highest BCUT2D eigenvalue weighted by Gasteiger charge is 2.61. The van der Waals surface area contributed by atoms with Gasteiger partial charge in [0.25, 0.3) is 5.92 Å². The fourth-order valence-corrected chi connectivity index (χ4v) is 3.37. The molecule has 1 fully saturated rings. The SMILES string of the molecule is CCOC(=O)c1nn(CC(=O)c2ccc(Cl)c(C)c2)c(C(=O)OCC)c1C1CC1(F)F. The fraction of sp³-hybridized carbons (Fsp3) is 0.429. The predicted molar refractivity (Wildman–Crippen MR) is 107 cm³/mol. The van der Waals surface area contributed by atoms with E-state index < -0.39 is 48.2 Å². The monoisotopic (exact) mass is 454 g/mol. The summed E-state index contributed by atoms with van der Waals surface area (Å²) in [6.07, 6.45) is -0.540. The third-order valence-electron chi connectivity index (χ3n) is 4.87. The minimum Gasteiger partial charge on any atom is -0.461 e. The van der Waals surface area contributed by atoms with Gasteiger partial charge in [0.05, 0.1) is 19.1 Å². The molecule has 1 unspecified atom stereocenters. The number of carbonyl (C=O) groups is 3. The minimum absolute atomic E-state index is 0.0100. The molecule has 31 heavy (non-hydrogen) atoms. The zero-order valence-electron chi connectivity index (χ0n) is 17.2. The summed E-state index contributed by atoms with van der Waals surface area (Å²) in [5.41, 5.74) is -0.0346. The molecule has 0 spiro atoms. The Balaban J connectivity index is 2.08. The lowest BCUT2D eigenvalue weighted by molar-refractivity contribution is 0.0505. The van der Waals surface area contributed by atoms with Gasteiger partial charge in [-0.15, -0.1) is 0 Å². The molecule has 2 aromatic rings. The number of ether oxygens (including phenoxy) is 2. The van der Waals surface area contributed by atoms with Crippen LogP contribution in [0.1, 0.15) is 68.6 Å². The molecule has 1 atom stereocenters. The van der Waals surface area contributed by atoms with Gasteiger partial charge in [-0.05, 0) is 44.5 Å². The zero-order chi connectivity index (χ0) is 22.9. The number of halogens is 3. The van der Waals surface area contributed by atoms with Crippen molar-refractivity contribution in [1.82, 2.24) is 9.78 Å². The van der Waals surface area contributed by atoms with Gasteiger partial charge in [0.2, 0.25) is 0 Å². The summed E-state index contributed by atoms with van der Waals surface area (Å²) in [7, 11) is 0. The van der Waals surface area contributed by atoms with Crippen LogP contribution in [-0.4, -0.2) is 46.6 Å². The van der Waals surface area contributed by atoms with E-state index in [9.17, 15) is 23.2 Å². The van der Waals surface area contributed by atoms with Crippen LogP contribution >= 0.6 is 11.6 Å².